The Morgan fingerprint density at radius 3 is 2.17 bits per heavy atom. The van der Waals surface area contributed by atoms with Crippen LogP contribution in [0.25, 0.3) is 33.2 Å². The third-order valence-electron chi connectivity index (χ3n) is 8.18. The van der Waals surface area contributed by atoms with Gasteiger partial charge in [-0.05, 0) is 96.1 Å². The lowest BCUT2D eigenvalue weighted by Gasteiger charge is -2.24. The molecule has 0 bridgehead atoms. The molecule has 0 aliphatic heterocycles. The second-order valence-electron chi connectivity index (χ2n) is 11.1. The maximum Gasteiger partial charge on any atom is 0.418 e. The van der Waals surface area contributed by atoms with Crippen molar-refractivity contribution >= 4 is 22.3 Å². The summed E-state index contributed by atoms with van der Waals surface area (Å²) in [5.41, 5.74) is 12.0. The number of nitrogens with zero attached hydrogens (tertiary/aromatic N) is 2. The fourth-order valence-electron chi connectivity index (χ4n) is 5.90. The molecule has 0 amide bonds. The van der Waals surface area contributed by atoms with Crippen molar-refractivity contribution in [2.45, 2.75) is 26.4 Å². The second-order valence-corrected chi connectivity index (χ2v) is 11.1. The zero-order chi connectivity index (χ0) is 32.3. The van der Waals surface area contributed by atoms with E-state index >= 15 is 0 Å². The van der Waals surface area contributed by atoms with Crippen molar-refractivity contribution < 1.29 is 17.9 Å². The van der Waals surface area contributed by atoms with Crippen molar-refractivity contribution in [3.63, 3.8) is 0 Å². The SMILES string of the molecule is CCN(CC)c1ccc(-c2ccc(N)cc2)cc1Oc1cccc(-c2c(Cc3ccccc3)cnc3c(C(F)(F)F)cccc23)c1. The average Bonchev–Trinajstić information content (AvgIpc) is 3.06. The standard InChI is InChI=1S/C39H34F3N3O/c1-3-45(4-2)35-21-18-28(27-16-19-31(43)20-17-27)24-36(35)46-32-13-8-12-29(23-32)37-30(22-26-10-6-5-7-11-26)25-44-38-33(37)14-9-15-34(38)39(40,41)42/h5-21,23-25H,3-4,22,43H2,1-2H3. The van der Waals surface area contributed by atoms with Gasteiger partial charge in [0.05, 0.1) is 16.8 Å². The van der Waals surface area contributed by atoms with E-state index < -0.39 is 11.7 Å². The minimum Gasteiger partial charge on any atom is -0.455 e. The number of hydrogen-bond donors (Lipinski definition) is 1. The van der Waals surface area contributed by atoms with Gasteiger partial charge < -0.3 is 15.4 Å². The molecule has 0 aliphatic carbocycles. The molecule has 232 valence electrons. The van der Waals surface area contributed by atoms with Crippen molar-refractivity contribution in [2.75, 3.05) is 23.7 Å². The zero-order valence-electron chi connectivity index (χ0n) is 25.7. The number of ether oxygens (including phenoxy) is 1. The molecule has 0 spiro atoms. The van der Waals surface area contributed by atoms with Gasteiger partial charge in [0.2, 0.25) is 0 Å². The van der Waals surface area contributed by atoms with Crippen LogP contribution in [-0.2, 0) is 12.6 Å². The summed E-state index contributed by atoms with van der Waals surface area (Å²) < 4.78 is 48.8. The van der Waals surface area contributed by atoms with Gasteiger partial charge in [-0.1, -0.05) is 72.8 Å². The summed E-state index contributed by atoms with van der Waals surface area (Å²) in [6.07, 6.45) is -2.45. The summed E-state index contributed by atoms with van der Waals surface area (Å²) in [6, 6.07) is 35.5. The summed E-state index contributed by atoms with van der Waals surface area (Å²) in [4.78, 5) is 6.57. The molecule has 0 saturated carbocycles. The van der Waals surface area contributed by atoms with E-state index in [0.717, 1.165) is 52.7 Å². The molecule has 4 nitrogen and oxygen atoms in total. The topological polar surface area (TPSA) is 51.4 Å². The predicted molar refractivity (Wildman–Crippen MR) is 181 cm³/mol. The first kappa shape index (κ1) is 30.7. The van der Waals surface area contributed by atoms with Gasteiger partial charge in [0.15, 0.2) is 5.75 Å². The molecule has 0 fully saturated rings. The van der Waals surface area contributed by atoms with E-state index in [1.54, 1.807) is 12.3 Å². The van der Waals surface area contributed by atoms with Crippen LogP contribution in [-0.4, -0.2) is 18.1 Å². The maximum absolute atomic E-state index is 14.1. The van der Waals surface area contributed by atoms with Crippen LogP contribution >= 0.6 is 0 Å². The molecule has 0 saturated heterocycles. The van der Waals surface area contributed by atoms with Gasteiger partial charge in [0, 0.05) is 30.4 Å². The van der Waals surface area contributed by atoms with Crippen molar-refractivity contribution in [1.82, 2.24) is 4.98 Å². The van der Waals surface area contributed by atoms with Crippen LogP contribution in [0, 0.1) is 0 Å². The summed E-state index contributed by atoms with van der Waals surface area (Å²) in [5.74, 6) is 1.25. The number of alkyl halides is 3. The quantitative estimate of drug-likeness (QED) is 0.164. The molecular formula is C39H34F3N3O. The van der Waals surface area contributed by atoms with Gasteiger partial charge in [0.1, 0.15) is 5.75 Å². The minimum absolute atomic E-state index is 0.0758. The van der Waals surface area contributed by atoms with Gasteiger partial charge in [0.25, 0.3) is 0 Å². The van der Waals surface area contributed by atoms with E-state index in [2.05, 4.69) is 35.9 Å². The minimum atomic E-state index is -4.54. The molecule has 1 heterocycles. The molecule has 6 aromatic rings. The van der Waals surface area contributed by atoms with Crippen LogP contribution in [0.1, 0.15) is 30.5 Å². The number of pyridine rings is 1. The number of nitrogen functional groups attached to an aromatic ring is 1. The number of nitrogens with two attached hydrogens (primary N) is 1. The van der Waals surface area contributed by atoms with Gasteiger partial charge in [-0.25, -0.2) is 0 Å². The molecule has 2 N–H and O–H groups in total. The van der Waals surface area contributed by atoms with E-state index in [-0.39, 0.29) is 5.52 Å². The van der Waals surface area contributed by atoms with Gasteiger partial charge in [-0.3, -0.25) is 4.98 Å². The Balaban J connectivity index is 1.48. The smallest absolute Gasteiger partial charge is 0.418 e. The summed E-state index contributed by atoms with van der Waals surface area (Å²) in [7, 11) is 0. The Morgan fingerprint density at radius 2 is 1.46 bits per heavy atom. The van der Waals surface area contributed by atoms with Gasteiger partial charge in [-0.2, -0.15) is 13.2 Å². The molecule has 1 aromatic heterocycles. The highest BCUT2D eigenvalue weighted by molar-refractivity contribution is 5.98. The Labute approximate surface area is 266 Å². The lowest BCUT2D eigenvalue weighted by Crippen LogP contribution is -2.22. The molecule has 7 heteroatoms. The van der Waals surface area contributed by atoms with Crippen LogP contribution in [0.3, 0.4) is 0 Å². The summed E-state index contributed by atoms with van der Waals surface area (Å²) >= 11 is 0. The molecule has 46 heavy (non-hydrogen) atoms. The average molecular weight is 618 g/mol. The van der Waals surface area contributed by atoms with E-state index in [1.807, 2.05) is 84.9 Å². The number of fused-ring (bicyclic) bond motifs is 1. The van der Waals surface area contributed by atoms with E-state index in [1.165, 1.54) is 6.07 Å². The Morgan fingerprint density at radius 1 is 0.739 bits per heavy atom. The maximum atomic E-state index is 14.1. The van der Waals surface area contributed by atoms with Crippen LogP contribution < -0.4 is 15.4 Å². The normalized spacial score (nSPS) is 11.5. The van der Waals surface area contributed by atoms with E-state index in [4.69, 9.17) is 10.5 Å². The first-order valence-electron chi connectivity index (χ1n) is 15.3. The molecule has 0 radical (unpaired) electrons. The predicted octanol–water partition coefficient (Wildman–Crippen LogP) is 10.4. The summed E-state index contributed by atoms with van der Waals surface area (Å²) in [6.45, 7) is 5.78. The molecule has 5 aromatic carbocycles. The number of anilines is 2. The van der Waals surface area contributed by atoms with E-state index in [9.17, 15) is 13.2 Å². The highest BCUT2D eigenvalue weighted by Gasteiger charge is 2.33. The van der Waals surface area contributed by atoms with Crippen molar-refractivity contribution in [3.05, 3.63) is 138 Å². The van der Waals surface area contributed by atoms with Crippen molar-refractivity contribution in [3.8, 4) is 33.8 Å². The Hall–Kier alpha value is -5.30. The van der Waals surface area contributed by atoms with E-state index in [0.29, 0.717) is 34.6 Å². The monoisotopic (exact) mass is 617 g/mol. The second kappa shape index (κ2) is 13.0. The third-order valence-corrected chi connectivity index (χ3v) is 8.18. The molecular weight excluding hydrogens is 583 g/mol. The Bertz CT molecular complexity index is 1970. The first-order valence-corrected chi connectivity index (χ1v) is 15.3. The lowest BCUT2D eigenvalue weighted by molar-refractivity contribution is -0.136. The van der Waals surface area contributed by atoms with Gasteiger partial charge in [-0.15, -0.1) is 0 Å². The zero-order valence-corrected chi connectivity index (χ0v) is 25.7. The van der Waals surface area contributed by atoms with Crippen LogP contribution in [0.2, 0.25) is 0 Å². The Kier molecular flexibility index (Phi) is 8.66. The largest absolute Gasteiger partial charge is 0.455 e. The highest BCUT2D eigenvalue weighted by Crippen LogP contribution is 2.41. The molecule has 0 atom stereocenters. The number of aromatic nitrogens is 1. The van der Waals surface area contributed by atoms with Crippen molar-refractivity contribution in [2.24, 2.45) is 0 Å². The number of halogens is 3. The van der Waals surface area contributed by atoms with Crippen LogP contribution in [0.5, 0.6) is 11.5 Å². The summed E-state index contributed by atoms with van der Waals surface area (Å²) in [5, 5.41) is 0.439. The lowest BCUT2D eigenvalue weighted by atomic mass is 9.92. The molecule has 0 unspecified atom stereocenters. The molecule has 6 rings (SSSR count). The fourth-order valence-corrected chi connectivity index (χ4v) is 5.90. The highest BCUT2D eigenvalue weighted by atomic mass is 19.4. The number of benzene rings is 5. The fraction of sp³-hybridized carbons (Fsp3) is 0.154. The first-order chi connectivity index (χ1) is 22.2. The molecule has 0 aliphatic rings. The van der Waals surface area contributed by atoms with Gasteiger partial charge >= 0.3 is 6.18 Å². The number of hydrogen-bond acceptors (Lipinski definition) is 4. The number of rotatable bonds is 9. The third kappa shape index (κ3) is 6.40. The van der Waals surface area contributed by atoms with Crippen LogP contribution in [0.4, 0.5) is 24.5 Å². The van der Waals surface area contributed by atoms with Crippen LogP contribution in [0.15, 0.2) is 121 Å². The number of para-hydroxylation sites is 1. The van der Waals surface area contributed by atoms with Crippen molar-refractivity contribution in [1.29, 1.82) is 0 Å².